The van der Waals surface area contributed by atoms with Crippen LogP contribution in [0, 0.1) is 11.8 Å². The number of carbonyl (C=O) groups is 7. The van der Waals surface area contributed by atoms with Gasteiger partial charge in [0.25, 0.3) is 11.8 Å². The first-order valence-electron chi connectivity index (χ1n) is 23.1. The molecule has 2 rings (SSSR count). The number of unbranched alkanes of at least 4 members (excludes halogenated alkanes) is 2. The minimum atomic E-state index is -1.11. The number of aliphatic hydroxyl groups is 1. The highest BCUT2D eigenvalue weighted by Gasteiger charge is 2.32. The molecule has 0 aliphatic carbocycles. The van der Waals surface area contributed by atoms with Gasteiger partial charge in [-0.3, -0.25) is 28.8 Å². The zero-order valence-corrected chi connectivity index (χ0v) is 40.2. The van der Waals surface area contributed by atoms with E-state index in [4.69, 9.17) is 14.2 Å². The molecule has 0 heterocycles. The number of benzene rings is 2. The normalized spacial score (nSPS) is 14.1. The van der Waals surface area contributed by atoms with Crippen molar-refractivity contribution < 1.29 is 52.9 Å². The third-order valence-electron chi connectivity index (χ3n) is 10.3. The molecule has 2 aromatic carbocycles. The Morgan fingerprint density at radius 1 is 0.708 bits per heavy atom. The molecule has 0 bridgehead atoms. The molecular formula is C49H75N5O11. The van der Waals surface area contributed by atoms with Gasteiger partial charge in [0.15, 0.2) is 0 Å². The molecule has 0 radical (unpaired) electrons. The van der Waals surface area contributed by atoms with Crippen LogP contribution in [0.1, 0.15) is 154 Å². The lowest BCUT2D eigenvalue weighted by molar-refractivity contribution is -0.155. The van der Waals surface area contributed by atoms with Crippen molar-refractivity contribution in [1.29, 1.82) is 0 Å². The van der Waals surface area contributed by atoms with Crippen LogP contribution in [0.3, 0.4) is 0 Å². The highest BCUT2D eigenvalue weighted by atomic mass is 16.6. The van der Waals surface area contributed by atoms with E-state index in [0.717, 1.165) is 12.8 Å². The summed E-state index contributed by atoms with van der Waals surface area (Å²) in [7, 11) is 0. The van der Waals surface area contributed by atoms with Gasteiger partial charge in [-0.1, -0.05) is 60.8 Å². The van der Waals surface area contributed by atoms with Crippen molar-refractivity contribution in [1.82, 2.24) is 26.6 Å². The highest BCUT2D eigenvalue weighted by Crippen LogP contribution is 2.23. The first-order valence-corrected chi connectivity index (χ1v) is 23.1. The molecule has 6 atom stereocenters. The second-order valence-corrected chi connectivity index (χ2v) is 18.0. The Labute approximate surface area is 385 Å². The zero-order chi connectivity index (χ0) is 48.7. The third-order valence-corrected chi connectivity index (χ3v) is 10.3. The number of rotatable bonds is 28. The predicted molar refractivity (Wildman–Crippen MR) is 248 cm³/mol. The van der Waals surface area contributed by atoms with Gasteiger partial charge in [-0.05, 0) is 120 Å². The number of ether oxygens (including phenoxy) is 3. The molecule has 0 spiro atoms. The van der Waals surface area contributed by atoms with E-state index in [-0.39, 0.29) is 60.7 Å². The number of carbonyl (C=O) groups excluding carboxylic acids is 7. The summed E-state index contributed by atoms with van der Waals surface area (Å²) in [6, 6.07) is 8.97. The fraction of sp³-hybridized carbons (Fsp3) is 0.612. The topological polar surface area (TPSA) is 228 Å². The maximum absolute atomic E-state index is 13.7. The van der Waals surface area contributed by atoms with Gasteiger partial charge in [0.1, 0.15) is 35.2 Å². The molecule has 0 aromatic heterocycles. The molecule has 0 aliphatic heterocycles. The second kappa shape index (κ2) is 28.4. The average molecular weight is 910 g/mol. The largest absolute Gasteiger partial charge is 0.464 e. The van der Waals surface area contributed by atoms with E-state index in [0.29, 0.717) is 50.1 Å². The van der Waals surface area contributed by atoms with Crippen molar-refractivity contribution in [3.05, 3.63) is 59.7 Å². The summed E-state index contributed by atoms with van der Waals surface area (Å²) < 4.78 is 16.6. The van der Waals surface area contributed by atoms with Crippen LogP contribution in [-0.2, 0) is 33.4 Å². The Bertz CT molecular complexity index is 1830. The first-order chi connectivity index (χ1) is 30.7. The number of hydrogen-bond acceptors (Lipinski definition) is 11. The van der Waals surface area contributed by atoms with Gasteiger partial charge in [-0.25, -0.2) is 4.79 Å². The van der Waals surface area contributed by atoms with Crippen molar-refractivity contribution in [2.75, 3.05) is 13.2 Å². The summed E-state index contributed by atoms with van der Waals surface area (Å²) >= 11 is 0. The highest BCUT2D eigenvalue weighted by molar-refractivity contribution is 5.99. The number of esters is 2. The number of nitrogens with one attached hydrogen (secondary N) is 5. The van der Waals surface area contributed by atoms with Gasteiger partial charge >= 0.3 is 11.9 Å². The zero-order valence-electron chi connectivity index (χ0n) is 40.2. The molecule has 6 N–H and O–H groups in total. The summed E-state index contributed by atoms with van der Waals surface area (Å²) in [6.07, 6.45) is 3.44. The molecule has 0 aliphatic rings. The van der Waals surface area contributed by atoms with Crippen molar-refractivity contribution in [3.63, 3.8) is 0 Å². The molecule has 0 saturated carbocycles. The summed E-state index contributed by atoms with van der Waals surface area (Å²) in [4.78, 5) is 90.6. The smallest absolute Gasteiger partial charge is 0.328 e. The van der Waals surface area contributed by atoms with Crippen LogP contribution in [0.25, 0.3) is 0 Å². The van der Waals surface area contributed by atoms with Crippen LogP contribution in [0.4, 0.5) is 0 Å². The van der Waals surface area contributed by atoms with E-state index in [1.807, 2.05) is 41.5 Å². The lowest BCUT2D eigenvalue weighted by Crippen LogP contribution is -2.55. The van der Waals surface area contributed by atoms with Gasteiger partial charge in [0, 0.05) is 24.1 Å². The summed E-state index contributed by atoms with van der Waals surface area (Å²) in [5.74, 6) is -2.58. The van der Waals surface area contributed by atoms with Crippen molar-refractivity contribution in [3.8, 4) is 11.5 Å². The predicted octanol–water partition coefficient (Wildman–Crippen LogP) is 6.28. The van der Waals surface area contributed by atoms with Gasteiger partial charge < -0.3 is 45.9 Å². The molecule has 362 valence electrons. The van der Waals surface area contributed by atoms with E-state index >= 15 is 0 Å². The van der Waals surface area contributed by atoms with Crippen LogP contribution in [0.5, 0.6) is 11.5 Å². The number of hydrogen-bond donors (Lipinski definition) is 6. The summed E-state index contributed by atoms with van der Waals surface area (Å²) in [5.41, 5.74) is -0.0623. The molecule has 0 saturated heterocycles. The van der Waals surface area contributed by atoms with Gasteiger partial charge in [0.2, 0.25) is 17.7 Å². The van der Waals surface area contributed by atoms with Gasteiger partial charge in [-0.15, -0.1) is 0 Å². The minimum absolute atomic E-state index is 0.119. The van der Waals surface area contributed by atoms with Gasteiger partial charge in [0.05, 0.1) is 25.2 Å². The van der Waals surface area contributed by atoms with Crippen LogP contribution < -0.4 is 31.3 Å². The van der Waals surface area contributed by atoms with Crippen LogP contribution in [-0.4, -0.2) is 95.6 Å². The molecule has 16 heteroatoms. The molecule has 65 heavy (non-hydrogen) atoms. The van der Waals surface area contributed by atoms with Crippen molar-refractivity contribution in [2.24, 2.45) is 11.8 Å². The Hall–Kier alpha value is -5.51. The molecular weight excluding hydrogens is 835 g/mol. The number of amides is 5. The second-order valence-electron chi connectivity index (χ2n) is 18.0. The standard InChI is InChI=1S/C49H75N5O11/c1-11-14-27-50-41(56)30-40(55)39(29-31(4)5)53-47(61)43(32(6)13-3)54-46(60)35-21-25-37(26-22-35)64-36-23-19-34(20-24-36)45(59)51-33(7)44(58)52-38(48(62)63-28-12-2)17-15-16-18-42(57)65-49(8,9)10/h19-26,31-33,38-40,43,55H,11-18,27-30H2,1-10H3,(H,50,56)(H,51,59)(H,52,58)(H,53,61)(H,54,60). The van der Waals surface area contributed by atoms with Crippen LogP contribution in [0.15, 0.2) is 48.5 Å². The average Bonchev–Trinajstić information content (AvgIpc) is 3.24. The lowest BCUT2D eigenvalue weighted by atomic mass is 9.94. The summed E-state index contributed by atoms with van der Waals surface area (Å²) in [6.45, 7) is 19.1. The SMILES string of the molecule is CCCCNC(=O)CC(O)C(CC(C)C)NC(=O)C(NC(=O)c1ccc(Oc2ccc(C(=O)NC(C)C(=O)NC(CCCCC(=O)OC(C)(C)C)C(=O)OCCC)cc2)cc1)C(C)CC. The molecule has 2 aromatic rings. The third kappa shape index (κ3) is 21.4. The molecule has 16 nitrogen and oxygen atoms in total. The maximum Gasteiger partial charge on any atom is 0.328 e. The monoisotopic (exact) mass is 910 g/mol. The molecule has 5 amide bonds. The van der Waals surface area contributed by atoms with Gasteiger partial charge in [-0.2, -0.15) is 0 Å². The lowest BCUT2D eigenvalue weighted by Gasteiger charge is -2.30. The Kier molecular flexibility index (Phi) is 24.3. The van der Waals surface area contributed by atoms with E-state index in [2.05, 4.69) is 26.6 Å². The Morgan fingerprint density at radius 3 is 1.82 bits per heavy atom. The quantitative estimate of drug-likeness (QED) is 0.0411. The van der Waals surface area contributed by atoms with E-state index in [9.17, 15) is 38.7 Å². The fourth-order valence-electron chi connectivity index (χ4n) is 6.52. The Morgan fingerprint density at radius 2 is 1.29 bits per heavy atom. The Balaban J connectivity index is 2.01. The number of aliphatic hydroxyl groups excluding tert-OH is 1. The van der Waals surface area contributed by atoms with Crippen molar-refractivity contribution >= 4 is 41.5 Å². The molecule has 0 fully saturated rings. The molecule has 6 unspecified atom stereocenters. The summed E-state index contributed by atoms with van der Waals surface area (Å²) in [5, 5.41) is 24.9. The van der Waals surface area contributed by atoms with E-state index in [1.54, 1.807) is 57.2 Å². The maximum atomic E-state index is 13.7. The van der Waals surface area contributed by atoms with Crippen LogP contribution >= 0.6 is 0 Å². The van der Waals surface area contributed by atoms with E-state index < -0.39 is 65.5 Å². The minimum Gasteiger partial charge on any atom is -0.464 e. The van der Waals surface area contributed by atoms with Crippen molar-refractivity contribution in [2.45, 2.75) is 169 Å². The first kappa shape index (κ1) is 55.6. The van der Waals surface area contributed by atoms with Crippen LogP contribution in [0.2, 0.25) is 0 Å². The fourth-order valence-corrected chi connectivity index (χ4v) is 6.52. The van der Waals surface area contributed by atoms with E-state index in [1.165, 1.54) is 19.1 Å².